The Bertz CT molecular complexity index is 81.8. The van der Waals surface area contributed by atoms with Gasteiger partial charge in [-0.25, -0.2) is 0 Å². The molecule has 0 radical (unpaired) electrons. The fourth-order valence-electron chi connectivity index (χ4n) is 0.490. The quantitative estimate of drug-likeness (QED) is 0.493. The van der Waals surface area contributed by atoms with Crippen LogP contribution in [-0.2, 0) is 19.5 Å². The van der Waals surface area contributed by atoms with E-state index in [1.165, 1.54) is 20.6 Å². The summed E-state index contributed by atoms with van der Waals surface area (Å²) in [5.74, 6) is 0. The van der Waals surface area contributed by atoms with Crippen molar-refractivity contribution < 1.29 is 19.5 Å². The number of hydrogen-bond donors (Lipinski definition) is 0. The maximum atomic E-state index is 3.46. The molecule has 0 spiro atoms. The van der Waals surface area contributed by atoms with E-state index in [0.29, 0.717) is 0 Å². The van der Waals surface area contributed by atoms with E-state index in [0.717, 1.165) is 0 Å². The molecule has 0 nitrogen and oxygen atoms in total. The van der Waals surface area contributed by atoms with Gasteiger partial charge in [-0.1, -0.05) is 38.1 Å². The number of allylic oxidation sites excluding steroid dienone is 3. The van der Waals surface area contributed by atoms with Gasteiger partial charge in [0.2, 0.25) is 0 Å². The van der Waals surface area contributed by atoms with Crippen molar-refractivity contribution in [1.82, 2.24) is 0 Å². The first-order chi connectivity index (χ1) is 4.83. The predicted molar refractivity (Wildman–Crippen MR) is 58.3 cm³/mol. The van der Waals surface area contributed by atoms with Crippen LogP contribution in [0.25, 0.3) is 0 Å². The fraction of sp³-hybridized carbons (Fsp3) is 0.429. The summed E-state index contributed by atoms with van der Waals surface area (Å²) in [6.45, 7) is 7.64. The Morgan fingerprint density at radius 3 is 2.09 bits per heavy atom. The minimum absolute atomic E-state index is 0. The van der Waals surface area contributed by atoms with Crippen molar-refractivity contribution in [2.45, 2.75) is 20.2 Å². The third-order valence-corrected chi connectivity index (χ3v) is 1.04. The van der Waals surface area contributed by atoms with Crippen molar-refractivity contribution in [3.05, 3.63) is 24.8 Å². The summed E-state index contributed by atoms with van der Waals surface area (Å²) in [5.41, 5.74) is 0. The van der Waals surface area contributed by atoms with Crippen LogP contribution in [0.1, 0.15) is 13.8 Å². The molecular formula is C7H17B3Ru. The van der Waals surface area contributed by atoms with Crippen LogP contribution in [0.4, 0.5) is 0 Å². The Morgan fingerprint density at radius 2 is 2.09 bits per heavy atom. The molecule has 0 unspecified atom stereocenters. The molecule has 0 aromatic heterocycles. The maximum Gasteiger partial charge on any atom is 0.0776 e. The van der Waals surface area contributed by atoms with Crippen LogP contribution in [0, 0.1) is 0 Å². The molecule has 0 aliphatic heterocycles. The molecule has 0 N–H and O–H groups in total. The van der Waals surface area contributed by atoms with Crippen LogP contribution in [-0.4, -0.2) is 22.0 Å². The van der Waals surface area contributed by atoms with Gasteiger partial charge in [0.25, 0.3) is 0 Å². The van der Waals surface area contributed by atoms with Gasteiger partial charge in [0, 0.05) is 19.5 Å². The summed E-state index contributed by atoms with van der Waals surface area (Å²) >= 11 is 0. The molecular weight excluding hydrogens is 218 g/mol. The normalized spacial score (nSPS) is 7.09. The Morgan fingerprint density at radius 1 is 1.55 bits per heavy atom. The molecule has 0 bridgehead atoms. The minimum atomic E-state index is 0. The molecule has 11 heavy (non-hydrogen) atoms. The molecule has 0 aliphatic carbocycles. The summed E-state index contributed by atoms with van der Waals surface area (Å²) in [6.07, 6.45) is 6.92. The van der Waals surface area contributed by atoms with E-state index in [-0.39, 0.29) is 19.5 Å². The third kappa shape index (κ3) is 38.4. The van der Waals surface area contributed by atoms with Crippen LogP contribution in [0.5, 0.6) is 0 Å². The van der Waals surface area contributed by atoms with Gasteiger partial charge >= 0.3 is 0 Å². The fourth-order valence-corrected chi connectivity index (χ4v) is 0.490. The van der Waals surface area contributed by atoms with E-state index < -0.39 is 0 Å². The summed E-state index contributed by atoms with van der Waals surface area (Å²) < 4.78 is 0. The van der Waals surface area contributed by atoms with Crippen molar-refractivity contribution in [1.29, 1.82) is 0 Å². The molecule has 0 rings (SSSR count). The van der Waals surface area contributed by atoms with Crippen molar-refractivity contribution in [3.8, 4) is 0 Å². The minimum Gasteiger partial charge on any atom is -0.0991 e. The van der Waals surface area contributed by atoms with E-state index in [2.05, 4.69) is 21.2 Å². The topological polar surface area (TPSA) is 0 Å². The van der Waals surface area contributed by atoms with E-state index in [9.17, 15) is 0 Å². The third-order valence-electron chi connectivity index (χ3n) is 1.04. The molecule has 62 valence electrons. The van der Waals surface area contributed by atoms with E-state index in [4.69, 9.17) is 0 Å². The van der Waals surface area contributed by atoms with E-state index in [1.54, 1.807) is 6.08 Å². The maximum absolute atomic E-state index is 3.46. The molecule has 0 aliphatic rings. The first-order valence-corrected chi connectivity index (χ1v) is 4.07. The van der Waals surface area contributed by atoms with Crippen LogP contribution in [0.3, 0.4) is 0 Å². The second-order valence-corrected chi connectivity index (χ2v) is 2.12. The summed E-state index contributed by atoms with van der Waals surface area (Å²) in [4.78, 5) is 0. The molecule has 0 fully saturated rings. The largest absolute Gasteiger partial charge is 0.0991 e. The van der Waals surface area contributed by atoms with Gasteiger partial charge in [-0.05, 0) is 6.92 Å². The van der Waals surface area contributed by atoms with Crippen LogP contribution < -0.4 is 0 Å². The zero-order valence-electron chi connectivity index (χ0n) is 7.91. The Balaban J connectivity index is -0.000000107. The van der Waals surface area contributed by atoms with Gasteiger partial charge in [0.1, 0.15) is 0 Å². The number of rotatable bonds is 3. The molecule has 0 saturated heterocycles. The average Bonchev–Trinajstić information content (AvgIpc) is 1.93. The van der Waals surface area contributed by atoms with Crippen LogP contribution >= 0.6 is 0 Å². The Hall–Kier alpha value is 0.298. The second kappa shape index (κ2) is 22.4. The second-order valence-electron chi connectivity index (χ2n) is 2.12. The zero-order chi connectivity index (χ0) is 8.24. The van der Waals surface area contributed by atoms with E-state index in [1.807, 2.05) is 19.1 Å². The molecule has 0 aromatic rings. The molecule has 0 aromatic carbocycles. The van der Waals surface area contributed by atoms with Gasteiger partial charge in [-0.15, -0.1) is 0 Å². The molecule has 0 atom stereocenters. The first kappa shape index (κ1) is 17.4. The van der Waals surface area contributed by atoms with E-state index >= 15 is 0 Å². The van der Waals surface area contributed by atoms with Crippen molar-refractivity contribution in [2.24, 2.45) is 0 Å². The summed E-state index contributed by atoms with van der Waals surface area (Å²) in [6, 6.07) is 0. The van der Waals surface area contributed by atoms with Gasteiger partial charge in [0.05, 0.1) is 22.0 Å². The predicted octanol–water partition coefficient (Wildman–Crippen LogP) is 0.507. The van der Waals surface area contributed by atoms with Gasteiger partial charge in [-0.3, -0.25) is 0 Å². The smallest absolute Gasteiger partial charge is 0.0776 e. The first-order valence-electron chi connectivity index (χ1n) is 4.07. The summed E-state index contributed by atoms with van der Waals surface area (Å²) in [5, 5.41) is 0. The molecule has 0 amide bonds. The van der Waals surface area contributed by atoms with Gasteiger partial charge in [0.15, 0.2) is 0 Å². The van der Waals surface area contributed by atoms with Crippen molar-refractivity contribution >= 4 is 22.0 Å². The molecule has 0 heterocycles. The molecule has 4 heteroatoms. The van der Waals surface area contributed by atoms with Gasteiger partial charge < -0.3 is 0 Å². The Labute approximate surface area is 86.5 Å². The van der Waals surface area contributed by atoms with Crippen molar-refractivity contribution in [3.63, 3.8) is 0 Å². The average molecular weight is 235 g/mol. The van der Waals surface area contributed by atoms with Crippen LogP contribution in [0.15, 0.2) is 24.8 Å². The number of hydrogen-bond acceptors (Lipinski definition) is 0. The van der Waals surface area contributed by atoms with Crippen LogP contribution in [0.2, 0.25) is 6.32 Å². The standard InChI is InChI=1S/C5H8.C2H9B3.Ru/c1-3-5-4-2;1-2-4-5-3;/h3-5H,1H2,2H3;4-5H,2-3H2,1H3;. The monoisotopic (exact) mass is 236 g/mol. The SMILES string of the molecule is BBBCC.C=CC=CC.[Ru]. The van der Waals surface area contributed by atoms with Gasteiger partial charge in [-0.2, -0.15) is 0 Å². The molecule has 0 saturated carbocycles. The van der Waals surface area contributed by atoms with Crippen molar-refractivity contribution in [2.75, 3.05) is 0 Å². The Kier molecular flexibility index (Phi) is 35.5. The zero-order valence-corrected chi connectivity index (χ0v) is 9.65. The summed E-state index contributed by atoms with van der Waals surface area (Å²) in [7, 11) is 4.94.